The molecule has 8 nitrogen and oxygen atoms in total. The second kappa shape index (κ2) is 7.92. The van der Waals surface area contributed by atoms with Crippen LogP contribution in [-0.2, 0) is 11.2 Å². The predicted octanol–water partition coefficient (Wildman–Crippen LogP) is 2.20. The van der Waals surface area contributed by atoms with Gasteiger partial charge in [-0.3, -0.25) is 19.9 Å². The molecule has 0 atom stereocenters. The first-order chi connectivity index (χ1) is 13.0. The average Bonchev–Trinajstić information content (AvgIpc) is 3.08. The van der Waals surface area contributed by atoms with Crippen LogP contribution >= 0.6 is 11.3 Å². The number of nitrogens with two attached hydrogens (primary N) is 1. The largest absolute Gasteiger partial charge is 0.472 e. The summed E-state index contributed by atoms with van der Waals surface area (Å²) < 4.78 is 4.98. The molecule has 1 aromatic carbocycles. The summed E-state index contributed by atoms with van der Waals surface area (Å²) in [6, 6.07) is 9.16. The highest BCUT2D eigenvalue weighted by molar-refractivity contribution is 7.17. The summed E-state index contributed by atoms with van der Waals surface area (Å²) in [6.45, 7) is 1.84. The van der Waals surface area contributed by atoms with Gasteiger partial charge in [0.1, 0.15) is 0 Å². The molecule has 2 aromatic heterocycles. The third kappa shape index (κ3) is 4.45. The molecule has 9 heteroatoms. The van der Waals surface area contributed by atoms with Gasteiger partial charge < -0.3 is 10.5 Å². The Hall–Kier alpha value is -3.33. The van der Waals surface area contributed by atoms with Crippen LogP contribution in [0.3, 0.4) is 0 Å². The van der Waals surface area contributed by atoms with E-state index in [1.165, 1.54) is 13.3 Å². The minimum Gasteiger partial charge on any atom is -0.472 e. The maximum absolute atomic E-state index is 12.8. The summed E-state index contributed by atoms with van der Waals surface area (Å²) in [6.07, 6.45) is 1.64. The number of amides is 2. The first-order valence-corrected chi connectivity index (χ1v) is 8.81. The number of anilines is 1. The SMILES string of the molecule is COc1nnc(NC(=O)c2cnc(C)cc2-c2cccc(CC(N)=O)c2)s1. The van der Waals surface area contributed by atoms with Gasteiger partial charge >= 0.3 is 0 Å². The van der Waals surface area contributed by atoms with Gasteiger partial charge in [0.25, 0.3) is 11.1 Å². The van der Waals surface area contributed by atoms with Crippen LogP contribution < -0.4 is 15.8 Å². The van der Waals surface area contributed by atoms with Crippen LogP contribution in [0.2, 0.25) is 0 Å². The fourth-order valence-electron chi connectivity index (χ4n) is 2.54. The number of hydrogen-bond acceptors (Lipinski definition) is 7. The Morgan fingerprint density at radius 1 is 1.26 bits per heavy atom. The van der Waals surface area contributed by atoms with Gasteiger partial charge in [0.15, 0.2) is 0 Å². The van der Waals surface area contributed by atoms with Crippen molar-refractivity contribution < 1.29 is 14.3 Å². The summed E-state index contributed by atoms with van der Waals surface area (Å²) in [5.41, 5.74) is 8.68. The van der Waals surface area contributed by atoms with Crippen molar-refractivity contribution in [2.75, 3.05) is 12.4 Å². The summed E-state index contributed by atoms with van der Waals surface area (Å²) in [4.78, 5) is 28.2. The number of carbonyl (C=O) groups excluding carboxylic acids is 2. The Morgan fingerprint density at radius 2 is 2.07 bits per heavy atom. The third-order valence-electron chi connectivity index (χ3n) is 3.70. The van der Waals surface area contributed by atoms with Crippen molar-refractivity contribution in [2.45, 2.75) is 13.3 Å². The van der Waals surface area contributed by atoms with Crippen molar-refractivity contribution in [1.82, 2.24) is 15.2 Å². The van der Waals surface area contributed by atoms with Crippen LogP contribution in [0.25, 0.3) is 11.1 Å². The predicted molar refractivity (Wildman–Crippen MR) is 102 cm³/mol. The lowest BCUT2D eigenvalue weighted by atomic mass is 9.97. The number of carbonyl (C=O) groups is 2. The van der Waals surface area contributed by atoms with E-state index in [1.54, 1.807) is 0 Å². The molecule has 138 valence electrons. The first kappa shape index (κ1) is 18.5. The van der Waals surface area contributed by atoms with Crippen molar-refractivity contribution in [2.24, 2.45) is 5.73 Å². The number of aryl methyl sites for hydroxylation is 1. The lowest BCUT2D eigenvalue weighted by molar-refractivity contribution is -0.117. The van der Waals surface area contributed by atoms with Crippen molar-refractivity contribution in [3.05, 3.63) is 53.3 Å². The molecule has 2 amide bonds. The van der Waals surface area contributed by atoms with E-state index in [2.05, 4.69) is 20.5 Å². The second-order valence-corrected chi connectivity index (χ2v) is 6.69. The smallest absolute Gasteiger partial charge is 0.295 e. The molecule has 3 rings (SSSR count). The van der Waals surface area contributed by atoms with Crippen molar-refractivity contribution in [3.63, 3.8) is 0 Å². The Bertz CT molecular complexity index is 1000. The fraction of sp³-hybridized carbons (Fsp3) is 0.167. The Morgan fingerprint density at radius 3 is 2.78 bits per heavy atom. The number of nitrogens with zero attached hydrogens (tertiary/aromatic N) is 3. The Balaban J connectivity index is 1.95. The van der Waals surface area contributed by atoms with Gasteiger partial charge in [-0.25, -0.2) is 0 Å². The van der Waals surface area contributed by atoms with Crippen molar-refractivity contribution >= 4 is 28.3 Å². The molecular weight excluding hydrogens is 366 g/mol. The van der Waals surface area contributed by atoms with Gasteiger partial charge in [-0.05, 0) is 41.0 Å². The number of methoxy groups -OCH3 is 1. The molecule has 0 aliphatic carbocycles. The highest BCUT2D eigenvalue weighted by Gasteiger charge is 2.17. The number of rotatable bonds is 6. The first-order valence-electron chi connectivity index (χ1n) is 7.99. The standard InChI is InChI=1S/C18H17N5O3S/c1-10-6-13(12-5-3-4-11(7-12)8-15(19)24)14(9-20-10)16(25)21-17-22-23-18(26-2)27-17/h3-7,9H,8H2,1-2H3,(H2,19,24)(H,21,22,25). The number of aromatic nitrogens is 3. The molecule has 0 bridgehead atoms. The van der Waals surface area contributed by atoms with E-state index >= 15 is 0 Å². The molecule has 2 heterocycles. The van der Waals surface area contributed by atoms with E-state index in [-0.39, 0.29) is 12.3 Å². The van der Waals surface area contributed by atoms with Gasteiger partial charge in [-0.2, -0.15) is 0 Å². The average molecular weight is 383 g/mol. The number of primary amides is 1. The molecule has 0 unspecified atom stereocenters. The highest BCUT2D eigenvalue weighted by Crippen LogP contribution is 2.27. The van der Waals surface area contributed by atoms with Gasteiger partial charge in [0.05, 0.1) is 19.1 Å². The van der Waals surface area contributed by atoms with E-state index < -0.39 is 5.91 Å². The normalized spacial score (nSPS) is 10.4. The Kier molecular flexibility index (Phi) is 5.41. The van der Waals surface area contributed by atoms with Crippen molar-refractivity contribution in [1.29, 1.82) is 0 Å². The zero-order chi connectivity index (χ0) is 19.4. The van der Waals surface area contributed by atoms with Gasteiger partial charge in [-0.15, -0.1) is 5.10 Å². The minimum atomic E-state index is -0.416. The van der Waals surface area contributed by atoms with Crippen LogP contribution in [0.5, 0.6) is 5.19 Å². The van der Waals surface area contributed by atoms with Gasteiger partial charge in [0, 0.05) is 11.9 Å². The zero-order valence-corrected chi connectivity index (χ0v) is 15.5. The van der Waals surface area contributed by atoms with Crippen LogP contribution in [-0.4, -0.2) is 34.1 Å². The summed E-state index contributed by atoms with van der Waals surface area (Å²) in [7, 11) is 1.48. The lowest BCUT2D eigenvalue weighted by Crippen LogP contribution is -2.14. The summed E-state index contributed by atoms with van der Waals surface area (Å²) >= 11 is 1.12. The number of benzene rings is 1. The summed E-state index contributed by atoms with van der Waals surface area (Å²) in [5, 5.41) is 11.0. The van der Waals surface area contributed by atoms with Crippen LogP contribution in [0, 0.1) is 6.92 Å². The summed E-state index contributed by atoms with van der Waals surface area (Å²) in [5.74, 6) is -0.780. The Labute approximate surface area is 159 Å². The number of pyridine rings is 1. The molecule has 0 saturated carbocycles. The van der Waals surface area contributed by atoms with E-state index in [4.69, 9.17) is 10.5 Å². The molecule has 0 fully saturated rings. The van der Waals surface area contributed by atoms with E-state index in [9.17, 15) is 9.59 Å². The molecule has 0 aliphatic rings. The quantitative estimate of drug-likeness (QED) is 0.673. The number of nitrogens with one attached hydrogen (secondary N) is 1. The van der Waals surface area contributed by atoms with Gasteiger partial charge in [-0.1, -0.05) is 29.4 Å². The topological polar surface area (TPSA) is 120 Å². The fourth-order valence-corrected chi connectivity index (χ4v) is 3.09. The molecule has 3 aromatic rings. The van der Waals surface area contributed by atoms with E-state index in [1.807, 2.05) is 37.3 Å². The van der Waals surface area contributed by atoms with Crippen LogP contribution in [0.15, 0.2) is 36.5 Å². The highest BCUT2D eigenvalue weighted by atomic mass is 32.1. The molecule has 0 aliphatic heterocycles. The molecule has 27 heavy (non-hydrogen) atoms. The molecule has 3 N–H and O–H groups in total. The zero-order valence-electron chi connectivity index (χ0n) is 14.7. The maximum atomic E-state index is 12.8. The molecule has 0 saturated heterocycles. The minimum absolute atomic E-state index is 0.129. The van der Waals surface area contributed by atoms with Crippen LogP contribution in [0.1, 0.15) is 21.6 Å². The second-order valence-electron chi connectivity index (χ2n) is 5.75. The monoisotopic (exact) mass is 383 g/mol. The molecule has 0 spiro atoms. The molecular formula is C18H17N5O3S. The molecule has 0 radical (unpaired) electrons. The van der Waals surface area contributed by atoms with E-state index in [0.717, 1.165) is 28.2 Å². The van der Waals surface area contributed by atoms with Crippen molar-refractivity contribution in [3.8, 4) is 16.3 Å². The lowest BCUT2D eigenvalue weighted by Gasteiger charge is -2.11. The number of hydrogen-bond donors (Lipinski definition) is 2. The van der Waals surface area contributed by atoms with Gasteiger partial charge in [0.2, 0.25) is 11.0 Å². The third-order valence-corrected chi connectivity index (χ3v) is 4.50. The number of ether oxygens (including phenoxy) is 1. The maximum Gasteiger partial charge on any atom is 0.295 e. The van der Waals surface area contributed by atoms with Crippen LogP contribution in [0.4, 0.5) is 5.13 Å². The van der Waals surface area contributed by atoms with E-state index in [0.29, 0.717) is 21.5 Å².